The highest BCUT2D eigenvalue weighted by molar-refractivity contribution is 6.32. The topological polar surface area (TPSA) is 51.1 Å². The minimum Gasteiger partial charge on any atom is -0.493 e. The molecule has 156 valence electrons. The zero-order chi connectivity index (χ0) is 21.8. The van der Waals surface area contributed by atoms with Gasteiger partial charge >= 0.3 is 0 Å². The van der Waals surface area contributed by atoms with Crippen molar-refractivity contribution >= 4 is 23.4 Å². The molecule has 0 spiro atoms. The van der Waals surface area contributed by atoms with Crippen LogP contribution in [0.25, 0.3) is 6.08 Å². The Morgan fingerprint density at radius 3 is 2.48 bits per heavy atom. The first-order valence-electron chi connectivity index (χ1n) is 10.1. The molecule has 31 heavy (non-hydrogen) atoms. The molecule has 1 aliphatic heterocycles. The van der Waals surface area contributed by atoms with Gasteiger partial charge in [0.05, 0.1) is 24.1 Å². The van der Waals surface area contributed by atoms with E-state index in [4.69, 9.17) is 9.47 Å². The molecule has 3 aromatic carbocycles. The summed E-state index contributed by atoms with van der Waals surface area (Å²) < 4.78 is 11.6. The molecule has 0 atom stereocenters. The second-order valence-corrected chi connectivity index (χ2v) is 7.35. The van der Waals surface area contributed by atoms with Gasteiger partial charge in [0.1, 0.15) is 6.61 Å². The quantitative estimate of drug-likeness (QED) is 0.510. The second-order valence-electron chi connectivity index (χ2n) is 7.35. The molecule has 1 heterocycles. The van der Waals surface area contributed by atoms with Crippen LogP contribution < -0.4 is 14.5 Å². The number of para-hydroxylation sites is 1. The Hall–Kier alpha value is -3.86. The van der Waals surface area contributed by atoms with Gasteiger partial charge in [-0.15, -0.1) is 0 Å². The molecule has 1 amide bonds. The van der Waals surface area contributed by atoms with E-state index in [2.05, 4.69) is 5.10 Å². The van der Waals surface area contributed by atoms with Crippen molar-refractivity contribution in [2.45, 2.75) is 20.5 Å². The number of carbonyl (C=O) groups is 1. The van der Waals surface area contributed by atoms with Crippen LogP contribution in [0, 0.1) is 6.92 Å². The summed E-state index contributed by atoms with van der Waals surface area (Å²) in [7, 11) is 1.61. The maximum absolute atomic E-state index is 13.1. The predicted molar refractivity (Wildman–Crippen MR) is 124 cm³/mol. The number of amides is 1. The van der Waals surface area contributed by atoms with Crippen LogP contribution in [-0.4, -0.2) is 18.7 Å². The summed E-state index contributed by atoms with van der Waals surface area (Å²) in [5.41, 5.74) is 4.81. The molecule has 5 heteroatoms. The Bertz CT molecular complexity index is 1170. The zero-order valence-corrected chi connectivity index (χ0v) is 17.8. The fourth-order valence-corrected chi connectivity index (χ4v) is 3.47. The number of nitrogens with zero attached hydrogens (tertiary/aromatic N) is 2. The number of benzene rings is 3. The van der Waals surface area contributed by atoms with Crippen LogP contribution in [0.3, 0.4) is 0 Å². The maximum atomic E-state index is 13.1. The minimum atomic E-state index is -0.167. The van der Waals surface area contributed by atoms with Gasteiger partial charge in [0, 0.05) is 5.56 Å². The van der Waals surface area contributed by atoms with Gasteiger partial charge in [-0.05, 0) is 49.2 Å². The lowest BCUT2D eigenvalue weighted by molar-refractivity contribution is -0.114. The van der Waals surface area contributed by atoms with Crippen molar-refractivity contribution in [3.63, 3.8) is 0 Å². The van der Waals surface area contributed by atoms with E-state index >= 15 is 0 Å². The number of aryl methyl sites for hydroxylation is 1. The highest BCUT2D eigenvalue weighted by Gasteiger charge is 2.29. The number of rotatable bonds is 6. The van der Waals surface area contributed by atoms with Crippen molar-refractivity contribution in [3.05, 3.63) is 95.1 Å². The van der Waals surface area contributed by atoms with Gasteiger partial charge in [0.15, 0.2) is 11.5 Å². The molecule has 0 radical (unpaired) electrons. The number of hydrogen-bond acceptors (Lipinski definition) is 4. The molecule has 0 saturated heterocycles. The van der Waals surface area contributed by atoms with Crippen LogP contribution in [0.2, 0.25) is 0 Å². The second kappa shape index (κ2) is 8.88. The summed E-state index contributed by atoms with van der Waals surface area (Å²) >= 11 is 0. The molecule has 5 nitrogen and oxygen atoms in total. The first-order chi connectivity index (χ1) is 15.1. The molecule has 3 aromatic rings. The van der Waals surface area contributed by atoms with E-state index in [1.807, 2.05) is 92.7 Å². The van der Waals surface area contributed by atoms with Crippen LogP contribution >= 0.6 is 0 Å². The van der Waals surface area contributed by atoms with E-state index < -0.39 is 0 Å². The van der Waals surface area contributed by atoms with Gasteiger partial charge in [-0.2, -0.15) is 10.1 Å². The van der Waals surface area contributed by atoms with Gasteiger partial charge in [0.2, 0.25) is 0 Å². The first kappa shape index (κ1) is 20.4. The lowest BCUT2D eigenvalue weighted by Gasteiger charge is -2.14. The SMILES string of the molecule is COc1cccc(/C=C2/C(=O)N(c3cccc(C)c3)N=C2C)c1OCc1ccccc1. The molecule has 0 unspecified atom stereocenters. The third-order valence-corrected chi connectivity index (χ3v) is 5.06. The molecule has 0 N–H and O–H groups in total. The van der Waals surface area contributed by atoms with Crippen molar-refractivity contribution in [1.82, 2.24) is 0 Å². The number of hydrazone groups is 1. The van der Waals surface area contributed by atoms with Crippen molar-refractivity contribution in [2.75, 3.05) is 12.1 Å². The van der Waals surface area contributed by atoms with Gasteiger partial charge in [-0.1, -0.05) is 54.6 Å². The first-order valence-corrected chi connectivity index (χ1v) is 10.1. The fraction of sp³-hybridized carbons (Fsp3) is 0.154. The lowest BCUT2D eigenvalue weighted by atomic mass is 10.1. The van der Waals surface area contributed by atoms with Crippen molar-refractivity contribution in [3.8, 4) is 11.5 Å². The summed E-state index contributed by atoms with van der Waals surface area (Å²) in [5, 5.41) is 5.93. The molecule has 0 bridgehead atoms. The average Bonchev–Trinajstić information content (AvgIpc) is 3.07. The minimum absolute atomic E-state index is 0.167. The Labute approximate surface area is 182 Å². The zero-order valence-electron chi connectivity index (χ0n) is 17.8. The van der Waals surface area contributed by atoms with Crippen LogP contribution in [0.4, 0.5) is 5.69 Å². The van der Waals surface area contributed by atoms with E-state index in [1.165, 1.54) is 5.01 Å². The number of hydrogen-bond donors (Lipinski definition) is 0. The van der Waals surface area contributed by atoms with Crippen LogP contribution in [0.15, 0.2) is 83.5 Å². The molecule has 0 saturated carbocycles. The average molecular weight is 412 g/mol. The number of carbonyl (C=O) groups excluding carboxylic acids is 1. The largest absolute Gasteiger partial charge is 0.493 e. The normalized spacial score (nSPS) is 14.7. The Balaban J connectivity index is 1.66. The molecule has 0 aliphatic carbocycles. The van der Waals surface area contributed by atoms with Crippen molar-refractivity contribution < 1.29 is 14.3 Å². The van der Waals surface area contributed by atoms with Crippen LogP contribution in [0.1, 0.15) is 23.6 Å². The number of methoxy groups -OCH3 is 1. The fourth-order valence-electron chi connectivity index (χ4n) is 3.47. The highest BCUT2D eigenvalue weighted by Crippen LogP contribution is 2.35. The molecular formula is C26H24N2O3. The smallest absolute Gasteiger partial charge is 0.280 e. The third kappa shape index (κ3) is 4.36. The maximum Gasteiger partial charge on any atom is 0.280 e. The third-order valence-electron chi connectivity index (χ3n) is 5.06. The Kier molecular flexibility index (Phi) is 5.85. The van der Waals surface area contributed by atoms with E-state index in [-0.39, 0.29) is 5.91 Å². The molecule has 0 aromatic heterocycles. The van der Waals surface area contributed by atoms with Gasteiger partial charge in [-0.25, -0.2) is 0 Å². The summed E-state index contributed by atoms with van der Waals surface area (Å²) in [6.45, 7) is 4.22. The standard InChI is InChI=1S/C26H24N2O3/c1-18-9-7-13-22(15-18)28-26(29)23(19(2)27-28)16-21-12-8-14-24(30-3)25(21)31-17-20-10-5-4-6-11-20/h4-16H,17H2,1-3H3/b23-16+. The Morgan fingerprint density at radius 1 is 0.968 bits per heavy atom. The van der Waals surface area contributed by atoms with Gasteiger partial charge in [-0.3, -0.25) is 4.79 Å². The molecule has 4 rings (SSSR count). The van der Waals surface area contributed by atoms with E-state index in [0.717, 1.165) is 22.4 Å². The summed E-state index contributed by atoms with van der Waals surface area (Å²) in [4.78, 5) is 13.1. The summed E-state index contributed by atoms with van der Waals surface area (Å²) in [6.07, 6.45) is 1.82. The van der Waals surface area contributed by atoms with Crippen molar-refractivity contribution in [2.24, 2.45) is 5.10 Å². The molecule has 0 fully saturated rings. The molecular weight excluding hydrogens is 388 g/mol. The Morgan fingerprint density at radius 2 is 1.74 bits per heavy atom. The van der Waals surface area contributed by atoms with Crippen molar-refractivity contribution in [1.29, 1.82) is 0 Å². The van der Waals surface area contributed by atoms with E-state index in [9.17, 15) is 4.79 Å². The van der Waals surface area contributed by atoms with Gasteiger partial charge in [0.25, 0.3) is 5.91 Å². The van der Waals surface area contributed by atoms with Gasteiger partial charge < -0.3 is 9.47 Å². The van der Waals surface area contributed by atoms with Crippen LogP contribution in [-0.2, 0) is 11.4 Å². The number of anilines is 1. The van der Waals surface area contributed by atoms with E-state index in [1.54, 1.807) is 7.11 Å². The molecule has 1 aliphatic rings. The summed E-state index contributed by atoms with van der Waals surface area (Å²) in [5.74, 6) is 1.04. The van der Waals surface area contributed by atoms with E-state index in [0.29, 0.717) is 29.4 Å². The summed E-state index contributed by atoms with van der Waals surface area (Å²) in [6, 6.07) is 23.3. The van der Waals surface area contributed by atoms with Crippen LogP contribution in [0.5, 0.6) is 11.5 Å². The predicted octanol–water partition coefficient (Wildman–Crippen LogP) is 5.39. The number of ether oxygens (including phenoxy) is 2. The lowest BCUT2D eigenvalue weighted by Crippen LogP contribution is -2.21. The highest BCUT2D eigenvalue weighted by atomic mass is 16.5. The monoisotopic (exact) mass is 412 g/mol.